The van der Waals surface area contributed by atoms with E-state index in [-0.39, 0.29) is 35.5 Å². The fraction of sp³-hybridized carbons (Fsp3) is 0.682. The van der Waals surface area contributed by atoms with Crippen LogP contribution in [0.15, 0.2) is 23.2 Å². The third-order valence-corrected chi connectivity index (χ3v) is 5.46. The molecule has 0 aliphatic heterocycles. The molecule has 2 atom stereocenters. The van der Waals surface area contributed by atoms with Crippen LogP contribution in [0.4, 0.5) is 0 Å². The number of aliphatic hydroxyl groups excluding tert-OH is 1. The van der Waals surface area contributed by atoms with Crippen molar-refractivity contribution in [3.05, 3.63) is 29.3 Å². The van der Waals surface area contributed by atoms with Gasteiger partial charge in [0, 0.05) is 31.2 Å². The predicted octanol–water partition coefficient (Wildman–Crippen LogP) is 3.63. The lowest BCUT2D eigenvalue weighted by Gasteiger charge is -2.38. The number of aryl methyl sites for hydroxylation is 1. The van der Waals surface area contributed by atoms with Gasteiger partial charge in [-0.1, -0.05) is 31.9 Å². The summed E-state index contributed by atoms with van der Waals surface area (Å²) in [6.07, 6.45) is 3.96. The highest BCUT2D eigenvalue weighted by molar-refractivity contribution is 14.0. The molecule has 0 amide bonds. The zero-order valence-corrected chi connectivity index (χ0v) is 20.6. The number of aliphatic imine (C=N–C) groups is 1. The fourth-order valence-electron chi connectivity index (χ4n) is 3.54. The molecule has 1 aliphatic rings. The first-order valence-electron chi connectivity index (χ1n) is 10.4. The lowest BCUT2D eigenvalue weighted by Crippen LogP contribution is -2.48. The maximum Gasteiger partial charge on any atom is 0.191 e. The van der Waals surface area contributed by atoms with Gasteiger partial charge in [0.25, 0.3) is 0 Å². The van der Waals surface area contributed by atoms with Gasteiger partial charge >= 0.3 is 0 Å². The summed E-state index contributed by atoms with van der Waals surface area (Å²) in [6, 6.07) is 6.19. The van der Waals surface area contributed by atoms with Crippen LogP contribution < -0.4 is 15.4 Å². The van der Waals surface area contributed by atoms with Gasteiger partial charge < -0.3 is 25.2 Å². The number of hydrogen-bond acceptors (Lipinski definition) is 4. The molecular weight excluding hydrogens is 481 g/mol. The zero-order chi connectivity index (χ0) is 20.4. The van der Waals surface area contributed by atoms with Gasteiger partial charge in [0.2, 0.25) is 0 Å². The van der Waals surface area contributed by atoms with Gasteiger partial charge in [-0.05, 0) is 38.3 Å². The van der Waals surface area contributed by atoms with E-state index in [9.17, 15) is 5.11 Å². The molecule has 0 aromatic heterocycles. The fourth-order valence-corrected chi connectivity index (χ4v) is 3.54. The van der Waals surface area contributed by atoms with E-state index in [1.165, 1.54) is 6.42 Å². The van der Waals surface area contributed by atoms with E-state index in [1.807, 2.05) is 6.07 Å². The summed E-state index contributed by atoms with van der Waals surface area (Å²) < 4.78 is 10.9. The minimum Gasteiger partial charge on any atom is -0.491 e. The monoisotopic (exact) mass is 519 g/mol. The second kappa shape index (κ2) is 13.3. The summed E-state index contributed by atoms with van der Waals surface area (Å²) in [7, 11) is 1.67. The number of hydrogen-bond donors (Lipinski definition) is 3. The maximum atomic E-state index is 10.4. The number of methoxy groups -OCH3 is 1. The molecule has 166 valence electrons. The third-order valence-electron chi connectivity index (χ3n) is 5.46. The van der Waals surface area contributed by atoms with Crippen LogP contribution in [0.2, 0.25) is 0 Å². The Bertz CT molecular complexity index is 642. The number of guanidine groups is 1. The van der Waals surface area contributed by atoms with Crippen LogP contribution >= 0.6 is 24.0 Å². The van der Waals surface area contributed by atoms with Crippen molar-refractivity contribution < 1.29 is 14.6 Å². The summed E-state index contributed by atoms with van der Waals surface area (Å²) in [6.45, 7) is 9.37. The van der Waals surface area contributed by atoms with Gasteiger partial charge in [-0.25, -0.2) is 4.99 Å². The Balaban J connectivity index is 0.00000420. The summed E-state index contributed by atoms with van der Waals surface area (Å²) in [5.41, 5.74) is 2.10. The van der Waals surface area contributed by atoms with Crippen LogP contribution in [-0.2, 0) is 11.3 Å². The Morgan fingerprint density at radius 2 is 2.07 bits per heavy atom. The molecule has 1 aromatic rings. The number of nitrogens with zero attached hydrogens (tertiary/aromatic N) is 1. The van der Waals surface area contributed by atoms with Gasteiger partial charge in [0.1, 0.15) is 12.4 Å². The van der Waals surface area contributed by atoms with E-state index >= 15 is 0 Å². The van der Waals surface area contributed by atoms with E-state index in [4.69, 9.17) is 14.5 Å². The lowest BCUT2D eigenvalue weighted by atomic mass is 9.73. The predicted molar refractivity (Wildman–Crippen MR) is 129 cm³/mol. The van der Waals surface area contributed by atoms with Crippen molar-refractivity contribution in [2.24, 2.45) is 10.4 Å². The Kier molecular flexibility index (Phi) is 11.9. The first-order chi connectivity index (χ1) is 13.5. The van der Waals surface area contributed by atoms with Crippen LogP contribution in [0.3, 0.4) is 0 Å². The van der Waals surface area contributed by atoms with Crippen molar-refractivity contribution >= 4 is 29.9 Å². The molecule has 0 saturated heterocycles. The second-order valence-corrected chi connectivity index (χ2v) is 7.92. The molecule has 1 aliphatic carbocycles. The average Bonchev–Trinajstić information content (AvgIpc) is 2.68. The van der Waals surface area contributed by atoms with Gasteiger partial charge in [0.15, 0.2) is 5.96 Å². The number of aliphatic hydroxyl groups is 1. The van der Waals surface area contributed by atoms with Gasteiger partial charge in [-0.2, -0.15) is 0 Å². The molecule has 7 heteroatoms. The maximum absolute atomic E-state index is 10.4. The third kappa shape index (κ3) is 8.30. The summed E-state index contributed by atoms with van der Waals surface area (Å²) in [5.74, 6) is 1.62. The smallest absolute Gasteiger partial charge is 0.191 e. The zero-order valence-electron chi connectivity index (χ0n) is 18.3. The minimum atomic E-state index is -0.255. The number of benzene rings is 1. The Morgan fingerprint density at radius 3 is 2.76 bits per heavy atom. The SMILES string of the molecule is CCNC(=NCc1ccc(C)cc1OCCOC)NCC1(C)CCCCC1O.I. The highest BCUT2D eigenvalue weighted by atomic mass is 127. The van der Waals surface area contributed by atoms with Crippen LogP contribution in [0.1, 0.15) is 50.7 Å². The summed E-state index contributed by atoms with van der Waals surface area (Å²) in [5, 5.41) is 17.2. The van der Waals surface area contributed by atoms with E-state index in [1.54, 1.807) is 7.11 Å². The van der Waals surface area contributed by atoms with Crippen molar-refractivity contribution in [1.82, 2.24) is 10.6 Å². The molecule has 3 N–H and O–H groups in total. The van der Waals surface area contributed by atoms with Crippen molar-refractivity contribution in [1.29, 1.82) is 0 Å². The number of ether oxygens (including phenoxy) is 2. The highest BCUT2D eigenvalue weighted by Crippen LogP contribution is 2.35. The first-order valence-corrected chi connectivity index (χ1v) is 10.4. The molecule has 1 saturated carbocycles. The first kappa shape index (κ1) is 26.0. The molecule has 0 bridgehead atoms. The quantitative estimate of drug-likeness (QED) is 0.201. The Morgan fingerprint density at radius 1 is 1.28 bits per heavy atom. The van der Waals surface area contributed by atoms with Crippen molar-refractivity contribution in [2.75, 3.05) is 33.4 Å². The van der Waals surface area contributed by atoms with E-state index in [2.05, 4.69) is 43.5 Å². The van der Waals surface area contributed by atoms with Crippen LogP contribution in [0.25, 0.3) is 0 Å². The molecule has 0 heterocycles. The molecule has 0 spiro atoms. The van der Waals surface area contributed by atoms with Crippen molar-refractivity contribution in [2.45, 2.75) is 59.1 Å². The molecule has 2 unspecified atom stereocenters. The minimum absolute atomic E-state index is 0. The van der Waals surface area contributed by atoms with Crippen molar-refractivity contribution in [3.8, 4) is 5.75 Å². The lowest BCUT2D eigenvalue weighted by molar-refractivity contribution is 0.00397. The largest absolute Gasteiger partial charge is 0.491 e. The molecule has 1 aromatic carbocycles. The van der Waals surface area contributed by atoms with E-state index in [0.29, 0.717) is 26.3 Å². The molecule has 29 heavy (non-hydrogen) atoms. The second-order valence-electron chi connectivity index (χ2n) is 7.92. The molecular formula is C22H38IN3O3. The van der Waals surface area contributed by atoms with Crippen LogP contribution in [0.5, 0.6) is 5.75 Å². The van der Waals surface area contributed by atoms with Gasteiger partial charge in [0.05, 0.1) is 19.3 Å². The highest BCUT2D eigenvalue weighted by Gasteiger charge is 2.35. The molecule has 1 fully saturated rings. The van der Waals surface area contributed by atoms with E-state index in [0.717, 1.165) is 48.6 Å². The Labute approximate surface area is 192 Å². The van der Waals surface area contributed by atoms with Crippen molar-refractivity contribution in [3.63, 3.8) is 0 Å². The average molecular weight is 519 g/mol. The number of halogens is 1. The summed E-state index contributed by atoms with van der Waals surface area (Å²) >= 11 is 0. The van der Waals surface area contributed by atoms with Crippen LogP contribution in [0, 0.1) is 12.3 Å². The summed E-state index contributed by atoms with van der Waals surface area (Å²) in [4.78, 5) is 4.74. The molecule has 0 radical (unpaired) electrons. The van der Waals surface area contributed by atoms with Crippen LogP contribution in [-0.4, -0.2) is 50.6 Å². The van der Waals surface area contributed by atoms with Gasteiger partial charge in [-0.3, -0.25) is 0 Å². The number of rotatable bonds is 9. The molecule has 2 rings (SSSR count). The van der Waals surface area contributed by atoms with Gasteiger partial charge in [-0.15, -0.1) is 24.0 Å². The topological polar surface area (TPSA) is 75.1 Å². The number of nitrogens with one attached hydrogen (secondary N) is 2. The van der Waals surface area contributed by atoms with E-state index < -0.39 is 0 Å². The standard InChI is InChI=1S/C22H37N3O3.HI/c1-5-23-21(25-16-22(3)11-7-6-8-20(22)26)24-15-18-10-9-17(2)14-19(18)28-13-12-27-4;/h9-10,14,20,26H,5-8,11-13,15-16H2,1-4H3,(H2,23,24,25);1H. The molecule has 6 nitrogen and oxygen atoms in total. The normalized spacial score (nSPS) is 22.0. The Hall–Kier alpha value is -1.06.